The maximum Gasteiger partial charge on any atom is 0.163 e. The second kappa shape index (κ2) is 7.52. The predicted molar refractivity (Wildman–Crippen MR) is 107 cm³/mol. The first-order valence-electron chi connectivity index (χ1n) is 8.75. The molecule has 0 aliphatic heterocycles. The smallest absolute Gasteiger partial charge is 0.163 e. The molecule has 0 saturated carbocycles. The molecule has 0 spiro atoms. The normalized spacial score (nSPS) is 13.7. The molecule has 0 bridgehead atoms. The molecule has 0 amide bonds. The molecular formula is C21H20N2O3S. The molecule has 0 aliphatic rings. The van der Waals surface area contributed by atoms with Gasteiger partial charge in [-0.25, -0.2) is 4.98 Å². The molecule has 3 N–H and O–H groups in total. The molecule has 2 heterocycles. The molecule has 0 unspecified atom stereocenters. The second-order valence-corrected chi connectivity index (χ2v) is 7.49. The van der Waals surface area contributed by atoms with Crippen molar-refractivity contribution in [2.45, 2.75) is 25.6 Å². The molecule has 4 rings (SSSR count). The number of rotatable bonds is 6. The zero-order valence-electron chi connectivity index (χ0n) is 14.8. The van der Waals surface area contributed by atoms with Crippen LogP contribution in [0.3, 0.4) is 0 Å². The zero-order chi connectivity index (χ0) is 18.8. The van der Waals surface area contributed by atoms with Gasteiger partial charge in [-0.05, 0) is 48.9 Å². The van der Waals surface area contributed by atoms with Gasteiger partial charge in [-0.3, -0.25) is 0 Å². The molecule has 2 aromatic carbocycles. The van der Waals surface area contributed by atoms with Crippen LogP contribution in [0.1, 0.15) is 24.4 Å². The van der Waals surface area contributed by atoms with Crippen molar-refractivity contribution in [3.8, 4) is 16.5 Å². The van der Waals surface area contributed by atoms with E-state index < -0.39 is 6.10 Å². The number of aromatic hydroxyl groups is 1. The fraction of sp³-hybridized carbons (Fsp3) is 0.190. The van der Waals surface area contributed by atoms with Gasteiger partial charge in [-0.2, -0.15) is 0 Å². The van der Waals surface area contributed by atoms with E-state index in [9.17, 15) is 10.2 Å². The van der Waals surface area contributed by atoms with Crippen molar-refractivity contribution < 1.29 is 14.6 Å². The van der Waals surface area contributed by atoms with Gasteiger partial charge in [0.1, 0.15) is 11.5 Å². The molecule has 5 nitrogen and oxygen atoms in total. The van der Waals surface area contributed by atoms with Gasteiger partial charge in [-0.15, -0.1) is 11.3 Å². The van der Waals surface area contributed by atoms with Gasteiger partial charge < -0.3 is 19.9 Å². The summed E-state index contributed by atoms with van der Waals surface area (Å²) in [6.07, 6.45) is -0.677. The number of hydrogen-bond donors (Lipinski definition) is 3. The van der Waals surface area contributed by atoms with E-state index in [4.69, 9.17) is 4.42 Å². The van der Waals surface area contributed by atoms with Crippen LogP contribution < -0.4 is 5.32 Å². The van der Waals surface area contributed by atoms with E-state index in [1.165, 1.54) is 0 Å². The zero-order valence-corrected chi connectivity index (χ0v) is 15.6. The van der Waals surface area contributed by atoms with Gasteiger partial charge in [0.05, 0.1) is 22.9 Å². The summed E-state index contributed by atoms with van der Waals surface area (Å²) in [7, 11) is 0. The number of nitrogens with zero attached hydrogens (tertiary/aromatic N) is 1. The van der Waals surface area contributed by atoms with Crippen LogP contribution in [-0.2, 0) is 6.54 Å². The highest BCUT2D eigenvalue weighted by atomic mass is 32.1. The van der Waals surface area contributed by atoms with E-state index in [2.05, 4.69) is 10.3 Å². The monoisotopic (exact) mass is 380 g/mol. The number of aliphatic hydroxyl groups is 1. The number of phenolic OH excluding ortho intramolecular Hbond substituents is 1. The van der Waals surface area contributed by atoms with Crippen molar-refractivity contribution in [2.75, 3.05) is 0 Å². The predicted octanol–water partition coefficient (Wildman–Crippen LogP) is 4.47. The number of benzene rings is 2. The van der Waals surface area contributed by atoms with Crippen molar-refractivity contribution in [1.82, 2.24) is 10.3 Å². The first kappa shape index (κ1) is 17.7. The minimum atomic E-state index is -0.677. The van der Waals surface area contributed by atoms with Gasteiger partial charge in [0.2, 0.25) is 0 Å². The lowest BCUT2D eigenvalue weighted by Crippen LogP contribution is -2.31. The molecule has 6 heteroatoms. The van der Waals surface area contributed by atoms with Crippen molar-refractivity contribution in [2.24, 2.45) is 0 Å². The SMILES string of the molecule is C[C@@H](NCc1ccc(-c2nc3ccccc3s2)o1)[C@H](O)c1ccc(O)cc1. The molecule has 0 saturated heterocycles. The summed E-state index contributed by atoms with van der Waals surface area (Å²) in [6, 6.07) is 18.3. The number of thiazole rings is 1. The Balaban J connectivity index is 1.41. The van der Waals surface area contributed by atoms with Crippen LogP contribution in [0.5, 0.6) is 5.75 Å². The van der Waals surface area contributed by atoms with Crippen LogP contribution in [0, 0.1) is 0 Å². The summed E-state index contributed by atoms with van der Waals surface area (Å²) in [5, 5.41) is 23.9. The number of para-hydroxylation sites is 1. The minimum Gasteiger partial charge on any atom is -0.508 e. The Bertz CT molecular complexity index is 1010. The number of furan rings is 1. The van der Waals surface area contributed by atoms with Gasteiger partial charge in [0.15, 0.2) is 10.8 Å². The molecule has 138 valence electrons. The summed E-state index contributed by atoms with van der Waals surface area (Å²) in [4.78, 5) is 4.61. The maximum absolute atomic E-state index is 10.4. The fourth-order valence-electron chi connectivity index (χ4n) is 2.90. The van der Waals surface area contributed by atoms with Crippen LogP contribution in [0.4, 0.5) is 0 Å². The van der Waals surface area contributed by atoms with E-state index in [0.29, 0.717) is 6.54 Å². The Kier molecular flexibility index (Phi) is 4.94. The molecule has 27 heavy (non-hydrogen) atoms. The van der Waals surface area contributed by atoms with E-state index in [1.807, 2.05) is 43.3 Å². The summed E-state index contributed by atoms with van der Waals surface area (Å²) < 4.78 is 7.06. The average Bonchev–Trinajstić information content (AvgIpc) is 3.32. The largest absolute Gasteiger partial charge is 0.508 e. The van der Waals surface area contributed by atoms with Crippen molar-refractivity contribution in [3.05, 3.63) is 72.0 Å². The third-order valence-electron chi connectivity index (χ3n) is 4.47. The quantitative estimate of drug-likeness (QED) is 0.460. The van der Waals surface area contributed by atoms with E-state index in [1.54, 1.807) is 35.6 Å². The fourth-order valence-corrected chi connectivity index (χ4v) is 3.83. The topological polar surface area (TPSA) is 78.5 Å². The Morgan fingerprint density at radius 1 is 1.07 bits per heavy atom. The van der Waals surface area contributed by atoms with Gasteiger partial charge in [0, 0.05) is 6.04 Å². The molecular weight excluding hydrogens is 360 g/mol. The molecule has 4 aromatic rings. The van der Waals surface area contributed by atoms with Crippen LogP contribution in [0.2, 0.25) is 0 Å². The van der Waals surface area contributed by atoms with Crippen molar-refractivity contribution in [1.29, 1.82) is 0 Å². The van der Waals surface area contributed by atoms with E-state index in [-0.39, 0.29) is 11.8 Å². The lowest BCUT2D eigenvalue weighted by atomic mass is 10.0. The third-order valence-corrected chi connectivity index (χ3v) is 5.52. The Labute approximate surface area is 160 Å². The summed E-state index contributed by atoms with van der Waals surface area (Å²) in [6.45, 7) is 2.41. The average molecular weight is 380 g/mol. The van der Waals surface area contributed by atoms with Gasteiger partial charge in [0.25, 0.3) is 0 Å². The van der Waals surface area contributed by atoms with Crippen LogP contribution in [0.15, 0.2) is 65.1 Å². The maximum atomic E-state index is 10.4. The van der Waals surface area contributed by atoms with Gasteiger partial charge >= 0.3 is 0 Å². The molecule has 0 radical (unpaired) electrons. The molecule has 2 atom stereocenters. The van der Waals surface area contributed by atoms with Crippen molar-refractivity contribution >= 4 is 21.6 Å². The number of hydrogen-bond acceptors (Lipinski definition) is 6. The summed E-state index contributed by atoms with van der Waals surface area (Å²) in [5.74, 6) is 1.72. The molecule has 0 aliphatic carbocycles. The Morgan fingerprint density at radius 3 is 2.63 bits per heavy atom. The highest BCUT2D eigenvalue weighted by Gasteiger charge is 2.17. The standard InChI is InChI=1S/C21H20N2O3S/c1-13(20(25)14-6-8-15(24)9-7-14)22-12-16-10-11-18(26-16)21-23-17-4-2-3-5-19(17)27-21/h2-11,13,20,22,24-25H,12H2,1H3/t13-,20+/m1/s1. The Hall–Kier alpha value is -2.67. The number of phenols is 1. The lowest BCUT2D eigenvalue weighted by Gasteiger charge is -2.20. The van der Waals surface area contributed by atoms with E-state index in [0.717, 1.165) is 32.3 Å². The van der Waals surface area contributed by atoms with Gasteiger partial charge in [-0.1, -0.05) is 24.3 Å². The van der Waals surface area contributed by atoms with Crippen molar-refractivity contribution in [3.63, 3.8) is 0 Å². The van der Waals surface area contributed by atoms with Crippen LogP contribution in [-0.4, -0.2) is 21.2 Å². The van der Waals surface area contributed by atoms with E-state index >= 15 is 0 Å². The summed E-state index contributed by atoms with van der Waals surface area (Å²) >= 11 is 1.61. The number of aromatic nitrogens is 1. The highest BCUT2D eigenvalue weighted by Crippen LogP contribution is 2.31. The third kappa shape index (κ3) is 3.88. The first-order chi connectivity index (χ1) is 13.1. The number of fused-ring (bicyclic) bond motifs is 1. The lowest BCUT2D eigenvalue weighted by molar-refractivity contribution is 0.134. The van der Waals surface area contributed by atoms with Crippen LogP contribution >= 0.6 is 11.3 Å². The minimum absolute atomic E-state index is 0.175. The molecule has 0 fully saturated rings. The number of aliphatic hydroxyl groups excluding tert-OH is 1. The highest BCUT2D eigenvalue weighted by molar-refractivity contribution is 7.21. The van der Waals surface area contributed by atoms with Crippen LogP contribution in [0.25, 0.3) is 21.0 Å². The Morgan fingerprint density at radius 2 is 1.85 bits per heavy atom. The second-order valence-electron chi connectivity index (χ2n) is 6.46. The summed E-state index contributed by atoms with van der Waals surface area (Å²) in [5.41, 5.74) is 1.72. The first-order valence-corrected chi connectivity index (χ1v) is 9.57. The molecule has 2 aromatic heterocycles. The number of nitrogens with one attached hydrogen (secondary N) is 1.